The Balaban J connectivity index is 0.979. The number of aliphatic hydroxyl groups is 2. The molecular formula is C31H50N9O18P3S2. The summed E-state index contributed by atoms with van der Waals surface area (Å²) < 4.78 is 62.3. The maximum atomic E-state index is 12.7. The Morgan fingerprint density at radius 2 is 1.79 bits per heavy atom. The van der Waals surface area contributed by atoms with E-state index < -0.39 is 84.6 Å². The number of carbonyl (C=O) groups excluding carboxylic acids is 4. The number of carbonyl (C=O) groups is 4. The number of nitrogens with two attached hydrogens (primary N) is 1. The number of unbranched alkanes of at least 4 members (excludes halogenated alkanes) is 1. The quantitative estimate of drug-likeness (QED) is 0.0355. The molecular weight excluding hydrogens is 943 g/mol. The highest BCUT2D eigenvalue weighted by molar-refractivity contribution is 8.13. The van der Waals surface area contributed by atoms with Crippen molar-refractivity contribution in [2.24, 2.45) is 5.41 Å². The third-order valence-electron chi connectivity index (χ3n) is 9.82. The first-order valence-corrected chi connectivity index (χ1v) is 25.7. The number of thioether (sulfide) groups is 2. The van der Waals surface area contributed by atoms with Crippen LogP contribution in [0.4, 0.5) is 10.6 Å². The second-order valence-corrected chi connectivity index (χ2v) is 21.8. The molecule has 0 aliphatic carbocycles. The minimum atomic E-state index is -5.58. The van der Waals surface area contributed by atoms with Crippen LogP contribution >= 0.6 is 47.0 Å². The number of fused-ring (bicyclic) bond motifs is 2. The number of aromatic nitrogens is 4. The van der Waals surface area contributed by atoms with Crippen LogP contribution in [0.2, 0.25) is 0 Å². The number of imidazole rings is 1. The molecule has 4 amide bonds. The van der Waals surface area contributed by atoms with E-state index in [2.05, 4.69) is 45.1 Å². The number of hydrogen-bond donors (Lipinski definition) is 11. The zero-order valence-electron chi connectivity index (χ0n) is 33.7. The number of ether oxygens (including phenoxy) is 1. The highest BCUT2D eigenvalue weighted by Crippen LogP contribution is 2.61. The molecule has 2 aromatic rings. The van der Waals surface area contributed by atoms with E-state index in [-0.39, 0.29) is 59.7 Å². The molecule has 3 fully saturated rings. The van der Waals surface area contributed by atoms with Crippen LogP contribution in [0.3, 0.4) is 0 Å². The molecule has 10 atom stereocenters. The molecule has 0 aromatic carbocycles. The minimum Gasteiger partial charge on any atom is -0.386 e. The van der Waals surface area contributed by atoms with Crippen LogP contribution in [0, 0.1) is 5.41 Å². The lowest BCUT2D eigenvalue weighted by atomic mass is 9.87. The van der Waals surface area contributed by atoms with Gasteiger partial charge in [-0.3, -0.25) is 32.5 Å². The Morgan fingerprint density at radius 1 is 1.06 bits per heavy atom. The highest BCUT2D eigenvalue weighted by atomic mass is 32.2. The summed E-state index contributed by atoms with van der Waals surface area (Å²) in [5.41, 5.74) is 4.25. The van der Waals surface area contributed by atoms with Crippen LogP contribution < -0.4 is 27.0 Å². The van der Waals surface area contributed by atoms with Gasteiger partial charge in [0.2, 0.25) is 11.8 Å². The summed E-state index contributed by atoms with van der Waals surface area (Å²) >= 11 is 2.91. The minimum absolute atomic E-state index is 0.00559. The maximum Gasteiger partial charge on any atom is 0.481 e. The van der Waals surface area contributed by atoms with E-state index in [1.165, 1.54) is 13.8 Å². The van der Waals surface area contributed by atoms with Crippen molar-refractivity contribution in [3.05, 3.63) is 12.7 Å². The molecule has 354 valence electrons. The summed E-state index contributed by atoms with van der Waals surface area (Å²) in [4.78, 5) is 99.8. The molecule has 3 saturated heterocycles. The topological polar surface area (TPSA) is 405 Å². The number of amides is 4. The monoisotopic (exact) mass is 993 g/mol. The van der Waals surface area contributed by atoms with Gasteiger partial charge in [0.25, 0.3) is 0 Å². The predicted octanol–water partition coefficient (Wildman–Crippen LogP) is -0.609. The number of urea groups is 1. The zero-order chi connectivity index (χ0) is 46.3. The Hall–Kier alpha value is -2.82. The molecule has 0 spiro atoms. The van der Waals surface area contributed by atoms with Gasteiger partial charge in [0, 0.05) is 48.1 Å². The standard InChI is InChI=1S/C31H50N9O18P3S2/c1-31(2,25(44)28(45)34-8-7-19(41)33-9-10-62-20(42)6-4-3-5-18-21-16(12-63-18)38-30(46)39-21)13-55-61(52,53)58-60(50,51)54-11-17-24(57-59(47,48)49)23(43)29(56-17)40-15-37-22-26(32)35-14-36-27(22)40/h14-18,21,23-25,29,43-44H,3-13H2,1-2H3,(H,33,41)(H,34,45)(H,50,51)(H,52,53)(H2,32,35,36)(H2,38,39,46)(H2,47,48,49). The number of nitrogens with one attached hydrogen (secondary N) is 4. The van der Waals surface area contributed by atoms with Gasteiger partial charge in [0.05, 0.1) is 31.6 Å². The number of nitrogen functional groups attached to an aromatic ring is 1. The van der Waals surface area contributed by atoms with E-state index in [4.69, 9.17) is 19.5 Å². The van der Waals surface area contributed by atoms with E-state index in [1.54, 1.807) is 0 Å². The Labute approximate surface area is 367 Å². The first-order chi connectivity index (χ1) is 29.4. The van der Waals surface area contributed by atoms with E-state index in [0.29, 0.717) is 23.8 Å². The van der Waals surface area contributed by atoms with Crippen LogP contribution in [0.15, 0.2) is 12.7 Å². The van der Waals surface area contributed by atoms with Gasteiger partial charge in [-0.2, -0.15) is 16.1 Å². The highest BCUT2D eigenvalue weighted by Gasteiger charge is 2.50. The molecule has 0 radical (unpaired) electrons. The predicted molar refractivity (Wildman–Crippen MR) is 221 cm³/mol. The maximum absolute atomic E-state index is 12.7. The number of phosphoric ester groups is 3. The van der Waals surface area contributed by atoms with Gasteiger partial charge in [-0.15, -0.1) is 0 Å². The molecule has 12 N–H and O–H groups in total. The fraction of sp³-hybridized carbons (Fsp3) is 0.710. The molecule has 2 aromatic heterocycles. The second-order valence-electron chi connectivity index (χ2n) is 15.2. The van der Waals surface area contributed by atoms with E-state index in [9.17, 15) is 62.7 Å². The lowest BCUT2D eigenvalue weighted by molar-refractivity contribution is -0.137. The molecule has 32 heteroatoms. The average Bonchev–Trinajstić information content (AvgIpc) is 3.96. The number of phosphoric acid groups is 3. The molecule has 27 nitrogen and oxygen atoms in total. The summed E-state index contributed by atoms with van der Waals surface area (Å²) in [6, 6.07) is 0.132. The number of nitrogens with zero attached hydrogens (tertiary/aromatic N) is 4. The SMILES string of the molecule is CC(C)(COP(=O)(O)OP(=O)(O)OCC1OC(n2cnc3c(N)ncnc32)C(O)C1OP(=O)(O)O)C(O)C(=O)NCCC(=O)NCCSC(=O)CCCCC1SCC2NC(=O)NC21. The van der Waals surface area contributed by atoms with Gasteiger partial charge in [-0.1, -0.05) is 32.0 Å². The number of rotatable bonds is 24. The summed E-state index contributed by atoms with van der Waals surface area (Å²) in [6.45, 7) is 0.455. The summed E-state index contributed by atoms with van der Waals surface area (Å²) in [5, 5.41) is 32.7. The van der Waals surface area contributed by atoms with Gasteiger partial charge in [0.1, 0.15) is 36.3 Å². The summed E-state index contributed by atoms with van der Waals surface area (Å²) in [5.74, 6) is -0.262. The fourth-order valence-corrected chi connectivity index (χ4v) is 11.7. The molecule has 0 saturated carbocycles. The van der Waals surface area contributed by atoms with Crippen molar-refractivity contribution in [1.29, 1.82) is 0 Å². The van der Waals surface area contributed by atoms with Crippen LogP contribution in [0.25, 0.3) is 11.2 Å². The largest absolute Gasteiger partial charge is 0.481 e. The Bertz CT molecular complexity index is 2120. The fourth-order valence-electron chi connectivity index (χ4n) is 6.63. The van der Waals surface area contributed by atoms with Crippen molar-refractivity contribution in [2.45, 2.75) is 93.9 Å². The molecule has 3 aliphatic heterocycles. The molecule has 5 heterocycles. The van der Waals surface area contributed by atoms with Crippen molar-refractivity contribution >= 4 is 86.9 Å². The van der Waals surface area contributed by atoms with Crippen LogP contribution in [-0.4, -0.2) is 152 Å². The lowest BCUT2D eigenvalue weighted by Crippen LogP contribution is -2.46. The third kappa shape index (κ3) is 14.6. The molecule has 3 aliphatic rings. The first-order valence-electron chi connectivity index (χ1n) is 19.2. The number of hydrogen-bond acceptors (Lipinski definition) is 20. The van der Waals surface area contributed by atoms with Gasteiger partial charge in [-0.25, -0.2) is 33.4 Å². The van der Waals surface area contributed by atoms with Crippen molar-refractivity contribution in [3.8, 4) is 0 Å². The van der Waals surface area contributed by atoms with Crippen molar-refractivity contribution in [2.75, 3.05) is 43.5 Å². The van der Waals surface area contributed by atoms with Crippen molar-refractivity contribution in [1.82, 2.24) is 40.8 Å². The lowest BCUT2D eigenvalue weighted by Gasteiger charge is -2.30. The molecule has 10 unspecified atom stereocenters. The van der Waals surface area contributed by atoms with Gasteiger partial charge in [0.15, 0.2) is 22.8 Å². The van der Waals surface area contributed by atoms with Crippen LogP contribution in [-0.2, 0) is 50.7 Å². The number of aliphatic hydroxyl groups excluding tert-OH is 2. The Kier molecular flexibility index (Phi) is 17.6. The first kappa shape index (κ1) is 51.2. The molecule has 0 bridgehead atoms. The van der Waals surface area contributed by atoms with Crippen LogP contribution in [0.5, 0.6) is 0 Å². The van der Waals surface area contributed by atoms with Crippen molar-refractivity contribution < 1.29 is 85.3 Å². The molecule has 63 heavy (non-hydrogen) atoms. The molecule has 5 rings (SSSR count). The smallest absolute Gasteiger partial charge is 0.386 e. The normalized spacial score (nSPS) is 26.0. The van der Waals surface area contributed by atoms with Crippen molar-refractivity contribution in [3.63, 3.8) is 0 Å². The van der Waals surface area contributed by atoms with E-state index in [1.807, 2.05) is 11.8 Å². The van der Waals surface area contributed by atoms with Crippen LogP contribution in [0.1, 0.15) is 52.2 Å². The summed E-state index contributed by atoms with van der Waals surface area (Å²) in [7, 11) is -16.4. The van der Waals surface area contributed by atoms with Gasteiger partial charge >= 0.3 is 29.5 Å². The van der Waals surface area contributed by atoms with Gasteiger partial charge in [-0.05, 0) is 12.8 Å². The van der Waals surface area contributed by atoms with E-state index in [0.717, 1.165) is 47.6 Å². The van der Waals surface area contributed by atoms with E-state index >= 15 is 0 Å². The Morgan fingerprint density at radius 3 is 2.52 bits per heavy atom. The number of anilines is 1. The zero-order valence-corrected chi connectivity index (χ0v) is 38.0. The second kappa shape index (κ2) is 21.7. The van der Waals surface area contributed by atoms with Gasteiger partial charge < -0.3 is 61.5 Å². The summed E-state index contributed by atoms with van der Waals surface area (Å²) in [6.07, 6.45) is -4.12. The third-order valence-corrected chi connectivity index (χ3v) is 15.4. The average molecular weight is 994 g/mol.